The molecule has 1 N–H and O–H groups in total. The molecule has 0 saturated heterocycles. The number of alkyl halides is 3. The summed E-state index contributed by atoms with van der Waals surface area (Å²) in [5, 5.41) is 2.34. The summed E-state index contributed by atoms with van der Waals surface area (Å²) < 4.78 is 44.7. The predicted octanol–water partition coefficient (Wildman–Crippen LogP) is 3.98. The second kappa shape index (κ2) is 8.35. The first kappa shape index (κ1) is 20.0. The quantitative estimate of drug-likeness (QED) is 0.731. The zero-order valence-electron chi connectivity index (χ0n) is 13.6. The molecule has 0 unspecified atom stereocenters. The molecule has 1 atom stereocenters. The van der Waals surface area contributed by atoms with E-state index in [2.05, 4.69) is 26.0 Å². The molecule has 2 aromatic rings. The van der Waals surface area contributed by atoms with E-state index in [1.54, 1.807) is 24.3 Å². The number of nitrogens with one attached hydrogen (secondary N) is 1. The molecule has 0 spiro atoms. The van der Waals surface area contributed by atoms with E-state index in [1.165, 1.54) is 12.1 Å². The summed E-state index contributed by atoms with van der Waals surface area (Å²) in [5.41, 5.74) is -0.921. The number of hydrogen-bond donors (Lipinski definition) is 1. The fourth-order valence-electron chi connectivity index (χ4n) is 2.38. The van der Waals surface area contributed by atoms with Crippen LogP contribution in [0.3, 0.4) is 0 Å². The van der Waals surface area contributed by atoms with Crippen LogP contribution in [0.25, 0.3) is 0 Å². The van der Waals surface area contributed by atoms with Gasteiger partial charge in [-0.3, -0.25) is 4.79 Å². The highest BCUT2D eigenvalue weighted by Gasteiger charge is 2.35. The molecule has 8 heteroatoms. The van der Waals surface area contributed by atoms with E-state index in [1.807, 2.05) is 0 Å². The van der Waals surface area contributed by atoms with Crippen LogP contribution in [0.15, 0.2) is 53.0 Å². The molecule has 2 rings (SSSR count). The SMILES string of the molecule is COC(=O)[C@@H](Cc1ccccc1Br)NC(=O)c1ccccc1C(F)(F)F. The third-order valence-electron chi connectivity index (χ3n) is 3.65. The van der Waals surface area contributed by atoms with Crippen molar-refractivity contribution in [3.63, 3.8) is 0 Å². The van der Waals surface area contributed by atoms with Gasteiger partial charge < -0.3 is 10.1 Å². The smallest absolute Gasteiger partial charge is 0.417 e. The van der Waals surface area contributed by atoms with Crippen molar-refractivity contribution in [2.75, 3.05) is 7.11 Å². The number of carbonyl (C=O) groups excluding carboxylic acids is 2. The highest BCUT2D eigenvalue weighted by Crippen LogP contribution is 2.31. The number of carbonyl (C=O) groups is 2. The van der Waals surface area contributed by atoms with Crippen LogP contribution >= 0.6 is 15.9 Å². The molecule has 1 amide bonds. The molecule has 0 aromatic heterocycles. The molecule has 138 valence electrons. The van der Waals surface area contributed by atoms with Gasteiger partial charge in [-0.25, -0.2) is 4.79 Å². The number of halogens is 4. The Balaban J connectivity index is 2.28. The van der Waals surface area contributed by atoms with Crippen molar-refractivity contribution in [2.45, 2.75) is 18.6 Å². The Morgan fingerprint density at radius 2 is 1.73 bits per heavy atom. The number of ether oxygens (including phenoxy) is 1. The molecule has 0 fully saturated rings. The first-order valence-corrected chi connectivity index (χ1v) is 8.31. The molecule has 2 aromatic carbocycles. The van der Waals surface area contributed by atoms with Crippen molar-refractivity contribution in [3.8, 4) is 0 Å². The average Bonchev–Trinajstić information content (AvgIpc) is 2.61. The Morgan fingerprint density at radius 1 is 1.12 bits per heavy atom. The second-order valence-electron chi connectivity index (χ2n) is 5.39. The maximum atomic E-state index is 13.1. The van der Waals surface area contributed by atoms with Crippen molar-refractivity contribution in [1.82, 2.24) is 5.32 Å². The van der Waals surface area contributed by atoms with Gasteiger partial charge >= 0.3 is 12.1 Å². The zero-order valence-corrected chi connectivity index (χ0v) is 15.2. The maximum Gasteiger partial charge on any atom is 0.417 e. The van der Waals surface area contributed by atoms with E-state index in [4.69, 9.17) is 0 Å². The standard InChI is InChI=1S/C18H15BrF3NO3/c1-26-17(25)15(10-11-6-2-5-9-14(11)19)23-16(24)12-7-3-4-8-13(12)18(20,21)22/h2-9,15H,10H2,1H3,(H,23,24)/t15-/m1/s1. The maximum absolute atomic E-state index is 13.1. The summed E-state index contributed by atoms with van der Waals surface area (Å²) in [6.07, 6.45) is -4.62. The number of esters is 1. The van der Waals surface area contributed by atoms with Gasteiger partial charge in [0.05, 0.1) is 18.2 Å². The van der Waals surface area contributed by atoms with Gasteiger partial charge in [0.15, 0.2) is 0 Å². The third-order valence-corrected chi connectivity index (χ3v) is 4.42. The third kappa shape index (κ3) is 4.85. The average molecular weight is 430 g/mol. The Morgan fingerprint density at radius 3 is 2.35 bits per heavy atom. The molecule has 0 heterocycles. The Kier molecular flexibility index (Phi) is 6.42. The summed E-state index contributed by atoms with van der Waals surface area (Å²) >= 11 is 3.33. The molecule has 0 aliphatic carbocycles. The van der Waals surface area contributed by atoms with Gasteiger partial charge in [0.1, 0.15) is 6.04 Å². The van der Waals surface area contributed by atoms with Gasteiger partial charge in [-0.05, 0) is 23.8 Å². The summed E-state index contributed by atoms with van der Waals surface area (Å²) in [5.74, 6) is -1.75. The van der Waals surface area contributed by atoms with Crippen LogP contribution in [0.2, 0.25) is 0 Å². The lowest BCUT2D eigenvalue weighted by Crippen LogP contribution is -2.43. The normalized spacial score (nSPS) is 12.3. The number of amides is 1. The van der Waals surface area contributed by atoms with Crippen LogP contribution in [0, 0.1) is 0 Å². The van der Waals surface area contributed by atoms with Crippen molar-refractivity contribution >= 4 is 27.8 Å². The van der Waals surface area contributed by atoms with Crippen LogP contribution < -0.4 is 5.32 Å². The molecule has 0 aliphatic rings. The van der Waals surface area contributed by atoms with E-state index >= 15 is 0 Å². The van der Waals surface area contributed by atoms with Crippen LogP contribution in [0.1, 0.15) is 21.5 Å². The van der Waals surface area contributed by atoms with Gasteiger partial charge in [-0.1, -0.05) is 46.3 Å². The minimum atomic E-state index is -4.68. The number of benzene rings is 2. The molecular formula is C18H15BrF3NO3. The number of hydrogen-bond acceptors (Lipinski definition) is 3. The van der Waals surface area contributed by atoms with E-state index < -0.39 is 35.2 Å². The van der Waals surface area contributed by atoms with Crippen molar-refractivity contribution < 1.29 is 27.5 Å². The second-order valence-corrected chi connectivity index (χ2v) is 6.24. The minimum Gasteiger partial charge on any atom is -0.467 e. The largest absolute Gasteiger partial charge is 0.467 e. The van der Waals surface area contributed by atoms with Gasteiger partial charge in [0.2, 0.25) is 0 Å². The summed E-state index contributed by atoms with van der Waals surface area (Å²) in [4.78, 5) is 24.4. The molecule has 0 bridgehead atoms. The Hall–Kier alpha value is -2.35. The lowest BCUT2D eigenvalue weighted by atomic mass is 10.0. The number of methoxy groups -OCH3 is 1. The van der Waals surface area contributed by atoms with E-state index in [9.17, 15) is 22.8 Å². The van der Waals surface area contributed by atoms with Gasteiger partial charge in [-0.2, -0.15) is 13.2 Å². The fourth-order valence-corrected chi connectivity index (χ4v) is 2.83. The fraction of sp³-hybridized carbons (Fsp3) is 0.222. The van der Waals surface area contributed by atoms with Crippen molar-refractivity contribution in [1.29, 1.82) is 0 Å². The van der Waals surface area contributed by atoms with E-state index in [-0.39, 0.29) is 6.42 Å². The van der Waals surface area contributed by atoms with Gasteiger partial charge in [-0.15, -0.1) is 0 Å². The van der Waals surface area contributed by atoms with Crippen LogP contribution in [-0.2, 0) is 22.1 Å². The van der Waals surface area contributed by atoms with Crippen molar-refractivity contribution in [3.05, 3.63) is 69.7 Å². The highest BCUT2D eigenvalue weighted by atomic mass is 79.9. The number of rotatable bonds is 5. The highest BCUT2D eigenvalue weighted by molar-refractivity contribution is 9.10. The summed E-state index contributed by atoms with van der Waals surface area (Å²) in [6.45, 7) is 0. The molecule has 0 aliphatic heterocycles. The van der Waals surface area contributed by atoms with Crippen LogP contribution in [0.5, 0.6) is 0 Å². The topological polar surface area (TPSA) is 55.4 Å². The van der Waals surface area contributed by atoms with E-state index in [0.29, 0.717) is 10.0 Å². The van der Waals surface area contributed by atoms with Crippen molar-refractivity contribution in [2.24, 2.45) is 0 Å². The molecular weight excluding hydrogens is 415 g/mol. The first-order valence-electron chi connectivity index (χ1n) is 7.52. The molecule has 26 heavy (non-hydrogen) atoms. The van der Waals surface area contributed by atoms with Crippen LogP contribution in [0.4, 0.5) is 13.2 Å². The predicted molar refractivity (Wildman–Crippen MR) is 92.6 cm³/mol. The monoisotopic (exact) mass is 429 g/mol. The Labute approximate surface area is 156 Å². The van der Waals surface area contributed by atoms with Gasteiger partial charge in [0.25, 0.3) is 5.91 Å². The summed E-state index contributed by atoms with van der Waals surface area (Å²) in [7, 11) is 1.14. The van der Waals surface area contributed by atoms with E-state index in [0.717, 1.165) is 19.2 Å². The molecule has 4 nitrogen and oxygen atoms in total. The first-order chi connectivity index (χ1) is 12.2. The lowest BCUT2D eigenvalue weighted by Gasteiger charge is -2.19. The van der Waals surface area contributed by atoms with Crippen LogP contribution in [-0.4, -0.2) is 25.0 Å². The lowest BCUT2D eigenvalue weighted by molar-refractivity contribution is -0.142. The molecule has 0 radical (unpaired) electrons. The van der Waals surface area contributed by atoms with Gasteiger partial charge in [0, 0.05) is 10.9 Å². The minimum absolute atomic E-state index is 0.0635. The molecule has 0 saturated carbocycles. The Bertz CT molecular complexity index is 808. The summed E-state index contributed by atoms with van der Waals surface area (Å²) in [6, 6.07) is 10.3. The zero-order chi connectivity index (χ0) is 19.3.